The fourth-order valence-electron chi connectivity index (χ4n) is 4.33. The third-order valence-corrected chi connectivity index (χ3v) is 6.42. The maximum atomic E-state index is 13.1. The first-order valence-corrected chi connectivity index (χ1v) is 11.4. The molecule has 170 valence electrons. The number of carboxylic acids is 1. The molecule has 4 rings (SSSR count). The topological polar surface area (TPSA) is 82.5 Å². The molecule has 1 heterocycles. The van der Waals surface area contributed by atoms with E-state index in [4.69, 9.17) is 11.6 Å². The Labute approximate surface area is 198 Å². The second-order valence-electron chi connectivity index (χ2n) is 8.36. The number of hydrogen-bond acceptors (Lipinski definition) is 5. The van der Waals surface area contributed by atoms with Gasteiger partial charge in [-0.2, -0.15) is 0 Å². The number of ketones is 1. The molecular formula is C26H26ClN3O3. The van der Waals surface area contributed by atoms with Crippen LogP contribution in [0.1, 0.15) is 46.5 Å². The Morgan fingerprint density at radius 3 is 2.45 bits per heavy atom. The van der Waals surface area contributed by atoms with E-state index < -0.39 is 5.97 Å². The zero-order valence-corrected chi connectivity index (χ0v) is 19.1. The van der Waals surface area contributed by atoms with E-state index in [2.05, 4.69) is 10.3 Å². The van der Waals surface area contributed by atoms with Gasteiger partial charge in [0.15, 0.2) is 5.78 Å². The molecule has 33 heavy (non-hydrogen) atoms. The summed E-state index contributed by atoms with van der Waals surface area (Å²) < 4.78 is 0. The monoisotopic (exact) mass is 463 g/mol. The van der Waals surface area contributed by atoms with Crippen molar-refractivity contribution in [3.8, 4) is 0 Å². The molecule has 2 atom stereocenters. The molecule has 1 aromatic heterocycles. The summed E-state index contributed by atoms with van der Waals surface area (Å²) in [5, 5.41) is 13.4. The van der Waals surface area contributed by atoms with Crippen molar-refractivity contribution < 1.29 is 14.7 Å². The second kappa shape index (κ2) is 10.0. The number of benzene rings is 2. The van der Waals surface area contributed by atoms with Crippen LogP contribution in [0.3, 0.4) is 0 Å². The molecule has 2 N–H and O–H groups in total. The number of carbonyl (C=O) groups excluding carboxylic acids is 1. The summed E-state index contributed by atoms with van der Waals surface area (Å²) in [6.45, 7) is 0. The number of carboxylic acid groups (broad SMARTS) is 1. The highest BCUT2D eigenvalue weighted by Crippen LogP contribution is 2.31. The van der Waals surface area contributed by atoms with Crippen LogP contribution < -0.4 is 10.2 Å². The number of para-hydroxylation sites is 1. The largest absolute Gasteiger partial charge is 0.478 e. The van der Waals surface area contributed by atoms with Crippen LogP contribution in [-0.2, 0) is 0 Å². The maximum absolute atomic E-state index is 13.1. The van der Waals surface area contributed by atoms with Crippen molar-refractivity contribution in [2.24, 2.45) is 5.92 Å². The SMILES string of the molecule is CN(c1ccc(Cl)cc1)c1ccc(C(=O)C2CCCC(Nc3ccccc3C(=O)O)C2)nc1. The van der Waals surface area contributed by atoms with Gasteiger partial charge in [0, 0.05) is 35.4 Å². The fourth-order valence-corrected chi connectivity index (χ4v) is 4.45. The van der Waals surface area contributed by atoms with E-state index in [1.165, 1.54) is 0 Å². The number of Topliss-reactive ketones (excluding diaryl/α,β-unsaturated/α-hetero) is 1. The van der Waals surface area contributed by atoms with Gasteiger partial charge in [0.05, 0.1) is 17.4 Å². The van der Waals surface area contributed by atoms with Crippen molar-refractivity contribution in [3.63, 3.8) is 0 Å². The van der Waals surface area contributed by atoms with Crippen LogP contribution in [0.2, 0.25) is 5.02 Å². The Kier molecular flexibility index (Phi) is 6.94. The predicted molar refractivity (Wildman–Crippen MR) is 131 cm³/mol. The number of rotatable bonds is 7. The fraction of sp³-hybridized carbons (Fsp3) is 0.269. The van der Waals surface area contributed by atoms with Gasteiger partial charge in [0.1, 0.15) is 5.69 Å². The van der Waals surface area contributed by atoms with Crippen LogP contribution in [0.25, 0.3) is 0 Å². The molecule has 2 unspecified atom stereocenters. The number of pyridine rings is 1. The number of halogens is 1. The third kappa shape index (κ3) is 5.34. The molecule has 3 aromatic rings. The zero-order valence-electron chi connectivity index (χ0n) is 18.4. The van der Waals surface area contributed by atoms with Crippen LogP contribution >= 0.6 is 11.6 Å². The highest BCUT2D eigenvalue weighted by molar-refractivity contribution is 6.30. The van der Waals surface area contributed by atoms with E-state index in [0.29, 0.717) is 22.8 Å². The van der Waals surface area contributed by atoms with Crippen molar-refractivity contribution in [1.29, 1.82) is 0 Å². The molecule has 0 radical (unpaired) electrons. The molecule has 0 saturated heterocycles. The molecule has 0 bridgehead atoms. The van der Waals surface area contributed by atoms with Gasteiger partial charge >= 0.3 is 5.97 Å². The number of nitrogens with zero attached hydrogens (tertiary/aromatic N) is 2. The molecule has 7 heteroatoms. The van der Waals surface area contributed by atoms with E-state index in [1.54, 1.807) is 30.5 Å². The zero-order chi connectivity index (χ0) is 23.4. The number of aromatic carboxylic acids is 1. The number of carbonyl (C=O) groups is 2. The molecule has 6 nitrogen and oxygen atoms in total. The number of aromatic nitrogens is 1. The van der Waals surface area contributed by atoms with Gasteiger partial charge in [-0.25, -0.2) is 4.79 Å². The summed E-state index contributed by atoms with van der Waals surface area (Å²) in [6.07, 6.45) is 4.98. The van der Waals surface area contributed by atoms with Gasteiger partial charge in [-0.05, 0) is 67.8 Å². The summed E-state index contributed by atoms with van der Waals surface area (Å²) in [5.41, 5.74) is 3.15. The van der Waals surface area contributed by atoms with E-state index in [1.807, 2.05) is 48.3 Å². The quantitative estimate of drug-likeness (QED) is 0.415. The summed E-state index contributed by atoms with van der Waals surface area (Å²) in [4.78, 5) is 31.1. The number of hydrogen-bond donors (Lipinski definition) is 2. The molecule has 1 aliphatic carbocycles. The minimum Gasteiger partial charge on any atom is -0.478 e. The normalized spacial score (nSPS) is 17.9. The van der Waals surface area contributed by atoms with Crippen LogP contribution in [0, 0.1) is 5.92 Å². The van der Waals surface area contributed by atoms with Gasteiger partial charge in [0.2, 0.25) is 0 Å². The van der Waals surface area contributed by atoms with Crippen LogP contribution in [0.5, 0.6) is 0 Å². The first kappa shape index (κ1) is 22.8. The van der Waals surface area contributed by atoms with E-state index in [-0.39, 0.29) is 23.3 Å². The molecular weight excluding hydrogens is 438 g/mol. The standard InChI is InChI=1S/C26H26ClN3O3/c1-30(20-11-9-18(27)10-12-20)21-13-14-24(28-16-21)25(31)17-5-4-6-19(15-17)29-23-8-3-2-7-22(23)26(32)33/h2-3,7-14,16-17,19,29H,4-6,15H2,1H3,(H,32,33). The van der Waals surface area contributed by atoms with Crippen molar-refractivity contribution in [1.82, 2.24) is 4.98 Å². The molecule has 0 aliphatic heterocycles. The number of anilines is 3. The summed E-state index contributed by atoms with van der Waals surface area (Å²) >= 11 is 5.97. The first-order chi connectivity index (χ1) is 15.9. The highest BCUT2D eigenvalue weighted by Gasteiger charge is 2.29. The van der Waals surface area contributed by atoms with Crippen molar-refractivity contribution >= 4 is 40.4 Å². The average molecular weight is 464 g/mol. The molecule has 0 amide bonds. The summed E-state index contributed by atoms with van der Waals surface area (Å²) in [7, 11) is 1.94. The van der Waals surface area contributed by atoms with Crippen LogP contribution in [0.4, 0.5) is 17.1 Å². The lowest BCUT2D eigenvalue weighted by Crippen LogP contribution is -2.32. The smallest absolute Gasteiger partial charge is 0.337 e. The highest BCUT2D eigenvalue weighted by atomic mass is 35.5. The third-order valence-electron chi connectivity index (χ3n) is 6.16. The van der Waals surface area contributed by atoms with E-state index in [0.717, 1.165) is 30.6 Å². The molecule has 2 aromatic carbocycles. The number of nitrogens with one attached hydrogen (secondary N) is 1. The molecule has 1 saturated carbocycles. The average Bonchev–Trinajstić information content (AvgIpc) is 2.84. The Hall–Kier alpha value is -3.38. The van der Waals surface area contributed by atoms with Gasteiger partial charge in [0.25, 0.3) is 0 Å². The lowest BCUT2D eigenvalue weighted by molar-refractivity contribution is 0.0697. The van der Waals surface area contributed by atoms with Gasteiger partial charge in [-0.15, -0.1) is 0 Å². The predicted octanol–water partition coefficient (Wildman–Crippen LogP) is 6.05. The summed E-state index contributed by atoms with van der Waals surface area (Å²) in [6, 6.07) is 18.1. The lowest BCUT2D eigenvalue weighted by Gasteiger charge is -2.30. The van der Waals surface area contributed by atoms with Crippen molar-refractivity contribution in [3.05, 3.63) is 83.1 Å². The first-order valence-electron chi connectivity index (χ1n) is 11.0. The van der Waals surface area contributed by atoms with E-state index in [9.17, 15) is 14.7 Å². The maximum Gasteiger partial charge on any atom is 0.337 e. The lowest BCUT2D eigenvalue weighted by atomic mass is 9.82. The molecule has 1 fully saturated rings. The Morgan fingerprint density at radius 2 is 1.76 bits per heavy atom. The van der Waals surface area contributed by atoms with Gasteiger partial charge < -0.3 is 15.3 Å². The van der Waals surface area contributed by atoms with Gasteiger partial charge in [-0.1, -0.05) is 30.2 Å². The minimum atomic E-state index is -0.964. The van der Waals surface area contributed by atoms with Crippen molar-refractivity contribution in [2.75, 3.05) is 17.3 Å². The second-order valence-corrected chi connectivity index (χ2v) is 8.79. The summed E-state index contributed by atoms with van der Waals surface area (Å²) in [5.74, 6) is -1.07. The Balaban J connectivity index is 1.42. The van der Waals surface area contributed by atoms with Crippen LogP contribution in [-0.4, -0.2) is 34.9 Å². The Morgan fingerprint density at radius 1 is 1.03 bits per heavy atom. The minimum absolute atomic E-state index is 0.0358. The van der Waals surface area contributed by atoms with E-state index >= 15 is 0 Å². The van der Waals surface area contributed by atoms with Crippen molar-refractivity contribution in [2.45, 2.75) is 31.7 Å². The van der Waals surface area contributed by atoms with Crippen LogP contribution in [0.15, 0.2) is 66.9 Å². The Bertz CT molecular complexity index is 1130. The molecule has 0 spiro atoms. The van der Waals surface area contributed by atoms with Gasteiger partial charge in [-0.3, -0.25) is 9.78 Å². The molecule has 1 aliphatic rings.